The largest absolute Gasteiger partial charge is 0.487 e. The molecule has 1 aromatic carbocycles. The van der Waals surface area contributed by atoms with Gasteiger partial charge in [-0.05, 0) is 51.1 Å². The van der Waals surface area contributed by atoms with E-state index in [4.69, 9.17) is 4.74 Å². The fourth-order valence-electron chi connectivity index (χ4n) is 3.27. The normalized spacial score (nSPS) is 14.9. The molecule has 4 rings (SSSR count). The zero-order valence-corrected chi connectivity index (χ0v) is 15.9. The second-order valence-electron chi connectivity index (χ2n) is 7.37. The molecule has 3 aromatic rings. The molecule has 0 saturated carbocycles. The highest BCUT2D eigenvalue weighted by molar-refractivity contribution is 6.06. The van der Waals surface area contributed by atoms with Gasteiger partial charge in [0.25, 0.3) is 5.91 Å². The van der Waals surface area contributed by atoms with E-state index in [1.807, 2.05) is 39.0 Å². The topological polar surface area (TPSA) is 86.1 Å². The van der Waals surface area contributed by atoms with Crippen LogP contribution in [0, 0.1) is 6.92 Å². The van der Waals surface area contributed by atoms with Crippen molar-refractivity contribution < 1.29 is 14.3 Å². The predicted octanol–water partition coefficient (Wildman–Crippen LogP) is 3.57. The number of anilines is 1. The monoisotopic (exact) mass is 376 g/mol. The zero-order valence-electron chi connectivity index (χ0n) is 15.9. The van der Waals surface area contributed by atoms with Gasteiger partial charge >= 0.3 is 0 Å². The number of carbonyl (C=O) groups excluding carboxylic acids is 2. The number of Topliss-reactive ketones (excluding diaryl/α,β-unsaturated/α-hetero) is 1. The van der Waals surface area contributed by atoms with Gasteiger partial charge in [0.05, 0.1) is 29.4 Å². The predicted molar refractivity (Wildman–Crippen MR) is 104 cm³/mol. The fraction of sp³-hybridized carbons (Fsp3) is 0.238. The van der Waals surface area contributed by atoms with Crippen molar-refractivity contribution in [1.29, 1.82) is 0 Å². The van der Waals surface area contributed by atoms with Gasteiger partial charge in [-0.2, -0.15) is 5.10 Å². The van der Waals surface area contributed by atoms with E-state index in [0.29, 0.717) is 40.5 Å². The second-order valence-corrected chi connectivity index (χ2v) is 7.37. The van der Waals surface area contributed by atoms with Gasteiger partial charge in [-0.15, -0.1) is 0 Å². The number of benzene rings is 1. The van der Waals surface area contributed by atoms with Crippen molar-refractivity contribution in [1.82, 2.24) is 14.8 Å². The van der Waals surface area contributed by atoms with Crippen LogP contribution in [0.15, 0.2) is 48.8 Å². The van der Waals surface area contributed by atoms with Gasteiger partial charge in [0.1, 0.15) is 11.4 Å². The highest BCUT2D eigenvalue weighted by atomic mass is 16.5. The molecule has 142 valence electrons. The number of hydrogen-bond donors (Lipinski definition) is 1. The van der Waals surface area contributed by atoms with Crippen LogP contribution in [0.3, 0.4) is 0 Å². The minimum absolute atomic E-state index is 0.00139. The quantitative estimate of drug-likeness (QED) is 0.755. The van der Waals surface area contributed by atoms with Crippen LogP contribution in [0.4, 0.5) is 5.69 Å². The molecule has 1 aliphatic rings. The van der Waals surface area contributed by atoms with E-state index < -0.39 is 5.60 Å². The lowest BCUT2D eigenvalue weighted by molar-refractivity contribution is 0.0620. The standard InChI is InChI=1S/C21H20N4O3/c1-13-16(12-23-25(13)19-6-4-5-9-22-19)20(27)24-14-7-8-18-15(10-14)17(26)11-21(2,3)28-18/h4-10,12H,11H2,1-3H3,(H,24,27). The van der Waals surface area contributed by atoms with Crippen LogP contribution in [0.25, 0.3) is 5.82 Å². The lowest BCUT2D eigenvalue weighted by atomic mass is 9.93. The Morgan fingerprint density at radius 1 is 1.25 bits per heavy atom. The van der Waals surface area contributed by atoms with E-state index in [0.717, 1.165) is 0 Å². The smallest absolute Gasteiger partial charge is 0.259 e. The molecule has 0 bridgehead atoms. The first-order valence-corrected chi connectivity index (χ1v) is 8.98. The Morgan fingerprint density at radius 3 is 2.82 bits per heavy atom. The molecule has 7 heteroatoms. The summed E-state index contributed by atoms with van der Waals surface area (Å²) in [5.41, 5.74) is 1.61. The van der Waals surface area contributed by atoms with Crippen molar-refractivity contribution in [3.8, 4) is 11.6 Å². The Labute approximate surface area is 162 Å². The zero-order chi connectivity index (χ0) is 19.9. The first kappa shape index (κ1) is 17.9. The van der Waals surface area contributed by atoms with Crippen LogP contribution in [0.2, 0.25) is 0 Å². The number of ether oxygens (including phenoxy) is 1. The van der Waals surface area contributed by atoms with Crippen molar-refractivity contribution in [2.24, 2.45) is 0 Å². The molecule has 0 saturated heterocycles. The Hall–Kier alpha value is -3.48. The first-order chi connectivity index (χ1) is 13.3. The number of nitrogens with zero attached hydrogens (tertiary/aromatic N) is 3. The summed E-state index contributed by atoms with van der Waals surface area (Å²) in [6.45, 7) is 5.57. The number of pyridine rings is 1. The second kappa shape index (κ2) is 6.60. The summed E-state index contributed by atoms with van der Waals surface area (Å²) >= 11 is 0. The van der Waals surface area contributed by atoms with Gasteiger partial charge in [0.15, 0.2) is 11.6 Å². The number of hydrogen-bond acceptors (Lipinski definition) is 5. The molecule has 1 amide bonds. The van der Waals surface area contributed by atoms with Crippen molar-refractivity contribution in [3.63, 3.8) is 0 Å². The van der Waals surface area contributed by atoms with E-state index >= 15 is 0 Å². The molecule has 2 aromatic heterocycles. The van der Waals surface area contributed by atoms with Gasteiger partial charge in [0, 0.05) is 11.9 Å². The summed E-state index contributed by atoms with van der Waals surface area (Å²) < 4.78 is 7.46. The Balaban J connectivity index is 1.58. The average Bonchev–Trinajstić information content (AvgIpc) is 3.04. The first-order valence-electron chi connectivity index (χ1n) is 8.98. The lowest BCUT2D eigenvalue weighted by Gasteiger charge is -2.31. The molecular weight excluding hydrogens is 356 g/mol. The summed E-state index contributed by atoms with van der Waals surface area (Å²) in [6, 6.07) is 10.6. The molecule has 1 N–H and O–H groups in total. The number of carbonyl (C=O) groups is 2. The van der Waals surface area contributed by atoms with Gasteiger partial charge in [0.2, 0.25) is 0 Å². The summed E-state index contributed by atoms with van der Waals surface area (Å²) in [5, 5.41) is 7.10. The number of rotatable bonds is 3. The lowest BCUT2D eigenvalue weighted by Crippen LogP contribution is -2.35. The fourth-order valence-corrected chi connectivity index (χ4v) is 3.27. The third kappa shape index (κ3) is 3.26. The third-order valence-corrected chi connectivity index (χ3v) is 4.63. The summed E-state index contributed by atoms with van der Waals surface area (Å²) in [4.78, 5) is 29.4. The van der Waals surface area contributed by atoms with Gasteiger partial charge in [-0.3, -0.25) is 9.59 Å². The average molecular weight is 376 g/mol. The molecule has 0 atom stereocenters. The van der Waals surface area contributed by atoms with E-state index in [9.17, 15) is 9.59 Å². The van der Waals surface area contributed by atoms with Crippen molar-refractivity contribution in [3.05, 3.63) is 65.6 Å². The maximum Gasteiger partial charge on any atom is 0.259 e. The van der Waals surface area contributed by atoms with E-state index in [1.165, 1.54) is 6.20 Å². The van der Waals surface area contributed by atoms with Crippen molar-refractivity contribution >= 4 is 17.4 Å². The highest BCUT2D eigenvalue weighted by Gasteiger charge is 2.32. The molecule has 0 radical (unpaired) electrons. The molecule has 0 spiro atoms. The summed E-state index contributed by atoms with van der Waals surface area (Å²) in [6.07, 6.45) is 3.48. The highest BCUT2D eigenvalue weighted by Crippen LogP contribution is 2.34. The van der Waals surface area contributed by atoms with E-state index in [1.54, 1.807) is 29.1 Å². The maximum atomic E-state index is 12.7. The molecule has 0 unspecified atom stereocenters. The number of amides is 1. The van der Waals surface area contributed by atoms with Gasteiger partial charge < -0.3 is 10.1 Å². The maximum absolute atomic E-state index is 12.7. The van der Waals surface area contributed by atoms with Crippen molar-refractivity contribution in [2.75, 3.05) is 5.32 Å². The molecule has 28 heavy (non-hydrogen) atoms. The number of nitrogens with one attached hydrogen (secondary N) is 1. The van der Waals surface area contributed by atoms with E-state index in [-0.39, 0.29) is 11.7 Å². The van der Waals surface area contributed by atoms with Crippen molar-refractivity contribution in [2.45, 2.75) is 32.8 Å². The Bertz CT molecular complexity index is 1070. The van der Waals surface area contributed by atoms with Crippen LogP contribution >= 0.6 is 0 Å². The minimum Gasteiger partial charge on any atom is -0.487 e. The molecular formula is C21H20N4O3. The number of fused-ring (bicyclic) bond motifs is 1. The summed E-state index contributed by atoms with van der Waals surface area (Å²) in [7, 11) is 0. The minimum atomic E-state index is -0.522. The van der Waals surface area contributed by atoms with Crippen LogP contribution in [0.5, 0.6) is 5.75 Å². The third-order valence-electron chi connectivity index (χ3n) is 4.63. The summed E-state index contributed by atoms with van der Waals surface area (Å²) in [5.74, 6) is 0.877. The van der Waals surface area contributed by atoms with Crippen LogP contribution in [-0.2, 0) is 0 Å². The molecule has 0 aliphatic carbocycles. The molecule has 7 nitrogen and oxygen atoms in total. The van der Waals surface area contributed by atoms with E-state index in [2.05, 4.69) is 15.4 Å². The van der Waals surface area contributed by atoms with Crippen LogP contribution in [0.1, 0.15) is 46.7 Å². The number of aromatic nitrogens is 3. The Morgan fingerprint density at radius 2 is 2.07 bits per heavy atom. The number of ketones is 1. The molecule has 3 heterocycles. The molecule has 0 fully saturated rings. The molecule has 1 aliphatic heterocycles. The Kier molecular flexibility index (Phi) is 4.22. The van der Waals surface area contributed by atoms with Crippen LogP contribution < -0.4 is 10.1 Å². The van der Waals surface area contributed by atoms with Gasteiger partial charge in [-0.25, -0.2) is 9.67 Å². The SMILES string of the molecule is Cc1c(C(=O)Nc2ccc3c(c2)C(=O)CC(C)(C)O3)cnn1-c1ccccn1. The van der Waals surface area contributed by atoms with Gasteiger partial charge in [-0.1, -0.05) is 6.07 Å². The van der Waals surface area contributed by atoms with Crippen LogP contribution in [-0.4, -0.2) is 32.1 Å².